The van der Waals surface area contributed by atoms with Crippen LogP contribution in [-0.2, 0) is 21.8 Å². The monoisotopic (exact) mass is 267 g/mol. The van der Waals surface area contributed by atoms with Crippen LogP contribution in [0.1, 0.15) is 23.6 Å². The number of esters is 1. The predicted molar refractivity (Wildman–Crippen MR) is 67.6 cm³/mol. The molecule has 1 aromatic carbocycles. The second kappa shape index (κ2) is 6.87. The lowest BCUT2D eigenvalue weighted by Crippen LogP contribution is -2.10. The van der Waals surface area contributed by atoms with Gasteiger partial charge in [-0.25, -0.2) is 0 Å². The largest absolute Gasteiger partial charge is 0.495 e. The van der Waals surface area contributed by atoms with E-state index in [2.05, 4.69) is 6.07 Å². The standard InChI is InChI=1S/C13H14ClNO3/c1-3-18-13(16)6-9-4-5-12(17-2)11(8-15)10(9)7-14/h4-5H,3,6-7H2,1-2H3. The van der Waals surface area contributed by atoms with Gasteiger partial charge in [-0.1, -0.05) is 6.07 Å². The number of alkyl halides is 1. The molecule has 0 fully saturated rings. The van der Waals surface area contributed by atoms with Gasteiger partial charge in [0, 0.05) is 5.88 Å². The van der Waals surface area contributed by atoms with E-state index in [0.717, 1.165) is 0 Å². The highest BCUT2D eigenvalue weighted by molar-refractivity contribution is 6.17. The van der Waals surface area contributed by atoms with Crippen molar-refractivity contribution in [1.82, 2.24) is 0 Å². The first kappa shape index (κ1) is 14.3. The second-order valence-corrected chi connectivity index (χ2v) is 3.77. The Bertz CT molecular complexity index is 480. The number of halogens is 1. The van der Waals surface area contributed by atoms with Crippen LogP contribution in [-0.4, -0.2) is 19.7 Å². The molecule has 0 bridgehead atoms. The fourth-order valence-corrected chi connectivity index (χ4v) is 1.95. The van der Waals surface area contributed by atoms with Crippen LogP contribution in [0.2, 0.25) is 0 Å². The summed E-state index contributed by atoms with van der Waals surface area (Å²) in [7, 11) is 1.49. The molecule has 0 saturated heterocycles. The summed E-state index contributed by atoms with van der Waals surface area (Å²) >= 11 is 5.85. The van der Waals surface area contributed by atoms with Crippen molar-refractivity contribution in [3.63, 3.8) is 0 Å². The molecule has 0 spiro atoms. The highest BCUT2D eigenvalue weighted by atomic mass is 35.5. The third kappa shape index (κ3) is 3.14. The van der Waals surface area contributed by atoms with E-state index in [9.17, 15) is 4.79 Å². The van der Waals surface area contributed by atoms with Crippen molar-refractivity contribution in [3.8, 4) is 11.8 Å². The van der Waals surface area contributed by atoms with Crippen LogP contribution in [0, 0.1) is 11.3 Å². The van der Waals surface area contributed by atoms with Crippen LogP contribution in [0.15, 0.2) is 12.1 Å². The predicted octanol–water partition coefficient (Wildman–Crippen LogP) is 2.41. The minimum atomic E-state index is -0.335. The van der Waals surface area contributed by atoms with Crippen molar-refractivity contribution < 1.29 is 14.3 Å². The van der Waals surface area contributed by atoms with E-state index in [-0.39, 0.29) is 18.3 Å². The molecule has 96 valence electrons. The summed E-state index contributed by atoms with van der Waals surface area (Å²) in [6, 6.07) is 5.44. The van der Waals surface area contributed by atoms with Crippen LogP contribution >= 0.6 is 11.6 Å². The molecule has 0 aliphatic heterocycles. The van der Waals surface area contributed by atoms with Gasteiger partial charge in [0.15, 0.2) is 0 Å². The Balaban J connectivity index is 3.14. The number of carbonyl (C=O) groups is 1. The average molecular weight is 268 g/mol. The molecular weight excluding hydrogens is 254 g/mol. The molecule has 0 atom stereocenters. The lowest BCUT2D eigenvalue weighted by atomic mass is 9.99. The Hall–Kier alpha value is -1.73. The Labute approximate surface area is 111 Å². The SMILES string of the molecule is CCOC(=O)Cc1ccc(OC)c(C#N)c1CCl. The second-order valence-electron chi connectivity index (χ2n) is 3.51. The van der Waals surface area contributed by atoms with E-state index in [0.29, 0.717) is 29.0 Å². The van der Waals surface area contributed by atoms with E-state index in [1.165, 1.54) is 7.11 Å². The third-order valence-corrected chi connectivity index (χ3v) is 2.74. The minimum Gasteiger partial charge on any atom is -0.495 e. The van der Waals surface area contributed by atoms with Gasteiger partial charge < -0.3 is 9.47 Å². The van der Waals surface area contributed by atoms with E-state index in [1.54, 1.807) is 19.1 Å². The summed E-state index contributed by atoms with van der Waals surface area (Å²) in [6.07, 6.45) is 0.106. The van der Waals surface area contributed by atoms with Crippen LogP contribution in [0.4, 0.5) is 0 Å². The quantitative estimate of drug-likeness (QED) is 0.607. The van der Waals surface area contributed by atoms with Gasteiger partial charge in [-0.2, -0.15) is 5.26 Å². The smallest absolute Gasteiger partial charge is 0.310 e. The van der Waals surface area contributed by atoms with Gasteiger partial charge in [0.1, 0.15) is 11.8 Å². The van der Waals surface area contributed by atoms with Crippen LogP contribution in [0.3, 0.4) is 0 Å². The summed E-state index contributed by atoms with van der Waals surface area (Å²) in [5.74, 6) is 0.271. The molecule has 0 saturated carbocycles. The summed E-state index contributed by atoms with van der Waals surface area (Å²) in [5.41, 5.74) is 1.68. The van der Waals surface area contributed by atoms with Crippen molar-refractivity contribution >= 4 is 17.6 Å². The Kier molecular flexibility index (Phi) is 5.47. The number of methoxy groups -OCH3 is 1. The van der Waals surface area contributed by atoms with Crippen LogP contribution < -0.4 is 4.74 Å². The van der Waals surface area contributed by atoms with Crippen molar-refractivity contribution in [2.24, 2.45) is 0 Å². The van der Waals surface area contributed by atoms with Gasteiger partial charge in [-0.05, 0) is 24.1 Å². The Morgan fingerprint density at radius 2 is 2.22 bits per heavy atom. The molecule has 4 nitrogen and oxygen atoms in total. The molecule has 0 aliphatic rings. The minimum absolute atomic E-state index is 0.106. The topological polar surface area (TPSA) is 59.3 Å². The lowest BCUT2D eigenvalue weighted by molar-refractivity contribution is -0.142. The first-order valence-corrected chi connectivity index (χ1v) is 6.01. The maximum atomic E-state index is 11.5. The first-order valence-electron chi connectivity index (χ1n) is 5.48. The number of hydrogen-bond donors (Lipinski definition) is 0. The first-order chi connectivity index (χ1) is 8.67. The molecular formula is C13H14ClNO3. The van der Waals surface area contributed by atoms with Gasteiger partial charge in [-0.15, -0.1) is 11.6 Å². The van der Waals surface area contributed by atoms with Crippen molar-refractivity contribution in [3.05, 3.63) is 28.8 Å². The summed E-state index contributed by atoms with van der Waals surface area (Å²) < 4.78 is 9.97. The molecule has 0 unspecified atom stereocenters. The number of carbonyl (C=O) groups excluding carboxylic acids is 1. The van der Waals surface area contributed by atoms with Gasteiger partial charge >= 0.3 is 5.97 Å². The lowest BCUT2D eigenvalue weighted by Gasteiger charge is -2.11. The molecule has 0 amide bonds. The van der Waals surface area contributed by atoms with Gasteiger partial charge in [0.2, 0.25) is 0 Å². The normalized spacial score (nSPS) is 9.67. The molecule has 0 aliphatic carbocycles. The van der Waals surface area contributed by atoms with Crippen LogP contribution in [0.5, 0.6) is 5.75 Å². The summed E-state index contributed by atoms with van der Waals surface area (Å²) in [5, 5.41) is 9.12. The molecule has 0 N–H and O–H groups in total. The zero-order chi connectivity index (χ0) is 13.5. The van der Waals surface area contributed by atoms with E-state index < -0.39 is 0 Å². The van der Waals surface area contributed by atoms with Gasteiger partial charge in [-0.3, -0.25) is 4.79 Å². The number of nitrogens with zero attached hydrogens (tertiary/aromatic N) is 1. The van der Waals surface area contributed by atoms with Gasteiger partial charge in [0.25, 0.3) is 0 Å². The summed E-state index contributed by atoms with van der Waals surface area (Å²) in [4.78, 5) is 11.5. The average Bonchev–Trinajstić information content (AvgIpc) is 2.38. The Morgan fingerprint density at radius 1 is 1.50 bits per heavy atom. The fraction of sp³-hybridized carbons (Fsp3) is 0.385. The Morgan fingerprint density at radius 3 is 2.72 bits per heavy atom. The van der Waals surface area contributed by atoms with Crippen molar-refractivity contribution in [2.75, 3.05) is 13.7 Å². The molecule has 0 radical (unpaired) electrons. The molecule has 1 aromatic rings. The molecule has 1 rings (SSSR count). The highest BCUT2D eigenvalue weighted by Crippen LogP contribution is 2.26. The van der Waals surface area contributed by atoms with E-state index in [1.807, 2.05) is 0 Å². The zero-order valence-electron chi connectivity index (χ0n) is 10.3. The van der Waals surface area contributed by atoms with Crippen molar-refractivity contribution in [2.45, 2.75) is 19.2 Å². The number of hydrogen-bond acceptors (Lipinski definition) is 4. The van der Waals surface area contributed by atoms with Gasteiger partial charge in [0.05, 0.1) is 25.7 Å². The molecule has 18 heavy (non-hydrogen) atoms. The maximum absolute atomic E-state index is 11.5. The molecule has 0 aromatic heterocycles. The number of ether oxygens (including phenoxy) is 2. The molecule has 5 heteroatoms. The highest BCUT2D eigenvalue weighted by Gasteiger charge is 2.15. The number of nitriles is 1. The van der Waals surface area contributed by atoms with E-state index in [4.69, 9.17) is 26.3 Å². The zero-order valence-corrected chi connectivity index (χ0v) is 11.1. The number of benzene rings is 1. The van der Waals surface area contributed by atoms with Crippen molar-refractivity contribution in [1.29, 1.82) is 5.26 Å². The van der Waals surface area contributed by atoms with Crippen LogP contribution in [0.25, 0.3) is 0 Å². The fourth-order valence-electron chi connectivity index (χ4n) is 1.65. The number of rotatable bonds is 5. The molecule has 0 heterocycles. The summed E-state index contributed by atoms with van der Waals surface area (Å²) in [6.45, 7) is 2.07. The third-order valence-electron chi connectivity index (χ3n) is 2.48. The van der Waals surface area contributed by atoms with E-state index >= 15 is 0 Å². The maximum Gasteiger partial charge on any atom is 0.310 e.